The quantitative estimate of drug-likeness (QED) is 0.860. The van der Waals surface area contributed by atoms with Crippen LogP contribution in [0.15, 0.2) is 24.3 Å². The van der Waals surface area contributed by atoms with Gasteiger partial charge in [0.1, 0.15) is 0 Å². The van der Waals surface area contributed by atoms with Crippen molar-refractivity contribution < 1.29 is 0 Å². The molecular weight excluding hydrogens is 220 g/mol. The highest BCUT2D eigenvalue weighted by Crippen LogP contribution is 2.28. The number of likely N-dealkylation sites (tertiary alicyclic amines) is 1. The molecule has 0 aliphatic carbocycles. The SMILES string of the molecule is CN1CCC(c2ccc(C3CCCCN3)cc2)C1. The van der Waals surface area contributed by atoms with E-state index in [0.29, 0.717) is 6.04 Å². The van der Waals surface area contributed by atoms with E-state index in [0.717, 1.165) is 5.92 Å². The molecule has 1 aromatic carbocycles. The van der Waals surface area contributed by atoms with E-state index in [4.69, 9.17) is 0 Å². The summed E-state index contributed by atoms with van der Waals surface area (Å²) in [7, 11) is 2.22. The van der Waals surface area contributed by atoms with E-state index in [1.807, 2.05) is 0 Å². The molecule has 2 aliphatic rings. The normalized spacial score (nSPS) is 29.6. The number of likely N-dealkylation sites (N-methyl/N-ethyl adjacent to an activating group) is 1. The van der Waals surface area contributed by atoms with Crippen molar-refractivity contribution in [2.24, 2.45) is 0 Å². The number of nitrogens with one attached hydrogen (secondary N) is 1. The van der Waals surface area contributed by atoms with Gasteiger partial charge in [-0.15, -0.1) is 0 Å². The highest BCUT2D eigenvalue weighted by atomic mass is 15.1. The summed E-state index contributed by atoms with van der Waals surface area (Å²) in [4.78, 5) is 2.43. The molecule has 18 heavy (non-hydrogen) atoms. The molecule has 2 unspecified atom stereocenters. The number of benzene rings is 1. The van der Waals surface area contributed by atoms with E-state index in [-0.39, 0.29) is 0 Å². The van der Waals surface area contributed by atoms with Gasteiger partial charge in [-0.25, -0.2) is 0 Å². The summed E-state index contributed by atoms with van der Waals surface area (Å²) < 4.78 is 0. The monoisotopic (exact) mass is 244 g/mol. The topological polar surface area (TPSA) is 15.3 Å². The molecule has 2 nitrogen and oxygen atoms in total. The van der Waals surface area contributed by atoms with E-state index in [1.54, 1.807) is 0 Å². The number of rotatable bonds is 2. The van der Waals surface area contributed by atoms with Crippen molar-refractivity contribution in [2.75, 3.05) is 26.7 Å². The van der Waals surface area contributed by atoms with Gasteiger partial charge in [0.15, 0.2) is 0 Å². The van der Waals surface area contributed by atoms with E-state index in [2.05, 4.69) is 41.5 Å². The first kappa shape index (κ1) is 12.2. The molecule has 0 aromatic heterocycles. The van der Waals surface area contributed by atoms with Crippen molar-refractivity contribution in [1.82, 2.24) is 10.2 Å². The van der Waals surface area contributed by atoms with Crippen LogP contribution < -0.4 is 5.32 Å². The maximum Gasteiger partial charge on any atom is 0.0320 e. The third-order valence-electron chi connectivity index (χ3n) is 4.51. The van der Waals surface area contributed by atoms with Crippen LogP contribution in [0.2, 0.25) is 0 Å². The van der Waals surface area contributed by atoms with Crippen molar-refractivity contribution >= 4 is 0 Å². The molecule has 2 heterocycles. The lowest BCUT2D eigenvalue weighted by Gasteiger charge is -2.24. The Balaban J connectivity index is 1.68. The fourth-order valence-electron chi connectivity index (χ4n) is 3.34. The first-order chi connectivity index (χ1) is 8.83. The van der Waals surface area contributed by atoms with Crippen LogP contribution in [-0.2, 0) is 0 Å². The minimum Gasteiger partial charge on any atom is -0.310 e. The fraction of sp³-hybridized carbons (Fsp3) is 0.625. The lowest BCUT2D eigenvalue weighted by molar-refractivity contribution is 0.410. The molecule has 3 rings (SSSR count). The average molecular weight is 244 g/mol. The molecule has 0 amide bonds. The Morgan fingerprint density at radius 3 is 2.44 bits per heavy atom. The summed E-state index contributed by atoms with van der Waals surface area (Å²) in [5, 5.41) is 3.62. The third kappa shape index (κ3) is 2.60. The number of piperidine rings is 1. The Hall–Kier alpha value is -0.860. The molecule has 1 N–H and O–H groups in total. The Labute approximate surface area is 110 Å². The second-order valence-corrected chi connectivity index (χ2v) is 5.92. The summed E-state index contributed by atoms with van der Waals surface area (Å²) >= 11 is 0. The molecule has 2 aliphatic heterocycles. The van der Waals surface area contributed by atoms with E-state index < -0.39 is 0 Å². The summed E-state index contributed by atoms with van der Waals surface area (Å²) in [5.74, 6) is 0.753. The molecule has 2 heteroatoms. The molecule has 0 radical (unpaired) electrons. The van der Waals surface area contributed by atoms with Gasteiger partial charge >= 0.3 is 0 Å². The van der Waals surface area contributed by atoms with Crippen LogP contribution in [0.3, 0.4) is 0 Å². The average Bonchev–Trinajstić information content (AvgIpc) is 2.87. The number of hydrogen-bond donors (Lipinski definition) is 1. The van der Waals surface area contributed by atoms with Gasteiger partial charge in [-0.3, -0.25) is 0 Å². The van der Waals surface area contributed by atoms with E-state index in [9.17, 15) is 0 Å². The van der Waals surface area contributed by atoms with Gasteiger partial charge in [-0.1, -0.05) is 30.7 Å². The smallest absolute Gasteiger partial charge is 0.0320 e. The van der Waals surface area contributed by atoms with Crippen LogP contribution in [0, 0.1) is 0 Å². The zero-order valence-corrected chi connectivity index (χ0v) is 11.4. The van der Waals surface area contributed by atoms with Crippen LogP contribution >= 0.6 is 0 Å². The van der Waals surface area contributed by atoms with Gasteiger partial charge in [0.05, 0.1) is 0 Å². The minimum atomic E-state index is 0.596. The number of nitrogens with zero attached hydrogens (tertiary/aromatic N) is 1. The lowest BCUT2D eigenvalue weighted by Crippen LogP contribution is -2.26. The fourth-order valence-corrected chi connectivity index (χ4v) is 3.34. The highest BCUT2D eigenvalue weighted by Gasteiger charge is 2.21. The third-order valence-corrected chi connectivity index (χ3v) is 4.51. The Kier molecular flexibility index (Phi) is 3.67. The van der Waals surface area contributed by atoms with Crippen molar-refractivity contribution in [3.63, 3.8) is 0 Å². The Morgan fingerprint density at radius 2 is 1.83 bits per heavy atom. The van der Waals surface area contributed by atoms with E-state index in [1.165, 1.54) is 56.4 Å². The molecule has 2 atom stereocenters. The maximum absolute atomic E-state index is 3.62. The Bertz CT molecular complexity index is 355. The van der Waals surface area contributed by atoms with Crippen molar-refractivity contribution in [1.29, 1.82) is 0 Å². The molecule has 2 fully saturated rings. The minimum absolute atomic E-state index is 0.596. The second-order valence-electron chi connectivity index (χ2n) is 5.92. The van der Waals surface area contributed by atoms with E-state index >= 15 is 0 Å². The second kappa shape index (κ2) is 5.41. The molecule has 98 valence electrons. The van der Waals surface area contributed by atoms with Crippen molar-refractivity contribution in [3.05, 3.63) is 35.4 Å². The summed E-state index contributed by atoms with van der Waals surface area (Å²) in [5.41, 5.74) is 3.00. The van der Waals surface area contributed by atoms with Crippen LogP contribution in [0.1, 0.15) is 48.8 Å². The highest BCUT2D eigenvalue weighted by molar-refractivity contribution is 5.28. The molecule has 2 saturated heterocycles. The van der Waals surface area contributed by atoms with Crippen LogP contribution in [0.5, 0.6) is 0 Å². The first-order valence-electron chi connectivity index (χ1n) is 7.35. The standard InChI is InChI=1S/C16H24N2/c1-18-11-9-15(12-18)13-5-7-14(8-6-13)16-4-2-3-10-17-16/h5-8,15-17H,2-4,9-12H2,1H3. The van der Waals surface area contributed by atoms with Crippen LogP contribution in [0.4, 0.5) is 0 Å². The Morgan fingerprint density at radius 1 is 1.06 bits per heavy atom. The first-order valence-corrected chi connectivity index (χ1v) is 7.35. The van der Waals surface area contributed by atoms with Crippen LogP contribution in [0.25, 0.3) is 0 Å². The zero-order chi connectivity index (χ0) is 12.4. The lowest BCUT2D eigenvalue weighted by atomic mass is 9.93. The predicted octanol–water partition coefficient (Wildman–Crippen LogP) is 2.92. The maximum atomic E-state index is 3.62. The summed E-state index contributed by atoms with van der Waals surface area (Å²) in [6.45, 7) is 3.65. The zero-order valence-electron chi connectivity index (χ0n) is 11.4. The van der Waals surface area contributed by atoms with Gasteiger partial charge < -0.3 is 10.2 Å². The molecule has 0 saturated carbocycles. The molecule has 0 spiro atoms. The number of hydrogen-bond acceptors (Lipinski definition) is 2. The van der Waals surface area contributed by atoms with Gasteiger partial charge in [0, 0.05) is 12.6 Å². The molecular formula is C16H24N2. The van der Waals surface area contributed by atoms with Gasteiger partial charge in [0.25, 0.3) is 0 Å². The predicted molar refractivity (Wildman–Crippen MR) is 75.9 cm³/mol. The summed E-state index contributed by atoms with van der Waals surface area (Å²) in [6, 6.07) is 10.00. The summed E-state index contributed by atoms with van der Waals surface area (Å²) in [6.07, 6.45) is 5.32. The largest absolute Gasteiger partial charge is 0.310 e. The van der Waals surface area contributed by atoms with Crippen molar-refractivity contribution in [2.45, 2.75) is 37.6 Å². The van der Waals surface area contributed by atoms with Crippen LogP contribution in [-0.4, -0.2) is 31.6 Å². The molecule has 1 aromatic rings. The van der Waals surface area contributed by atoms with Gasteiger partial charge in [-0.05, 0) is 56.4 Å². The molecule has 0 bridgehead atoms. The van der Waals surface area contributed by atoms with Gasteiger partial charge in [0.2, 0.25) is 0 Å². The van der Waals surface area contributed by atoms with Crippen molar-refractivity contribution in [3.8, 4) is 0 Å². The van der Waals surface area contributed by atoms with Gasteiger partial charge in [-0.2, -0.15) is 0 Å².